The van der Waals surface area contributed by atoms with E-state index in [2.05, 4.69) is 20.3 Å². The summed E-state index contributed by atoms with van der Waals surface area (Å²) in [4.78, 5) is 26.3. The van der Waals surface area contributed by atoms with Gasteiger partial charge in [-0.25, -0.2) is 4.98 Å². The summed E-state index contributed by atoms with van der Waals surface area (Å²) >= 11 is 0. The monoisotopic (exact) mass is 405 g/mol. The molecule has 1 saturated heterocycles. The summed E-state index contributed by atoms with van der Waals surface area (Å²) in [6.07, 6.45) is 5.26. The molecular formula is C22H27N7O. The normalized spacial score (nSPS) is 13.9. The van der Waals surface area contributed by atoms with Gasteiger partial charge in [-0.15, -0.1) is 0 Å². The Morgan fingerprint density at radius 2 is 1.83 bits per heavy atom. The topological polar surface area (TPSA) is 79.2 Å². The van der Waals surface area contributed by atoms with Crippen molar-refractivity contribution in [3.05, 3.63) is 48.3 Å². The van der Waals surface area contributed by atoms with Crippen LogP contribution in [0.1, 0.15) is 29.8 Å². The van der Waals surface area contributed by atoms with Crippen LogP contribution in [-0.4, -0.2) is 52.8 Å². The molecule has 1 aliphatic heterocycles. The highest BCUT2D eigenvalue weighted by molar-refractivity contribution is 6.05. The molecule has 3 aromatic rings. The fourth-order valence-electron chi connectivity index (χ4n) is 3.66. The maximum absolute atomic E-state index is 13.0. The molecule has 1 N–H and O–H groups in total. The van der Waals surface area contributed by atoms with Crippen LogP contribution in [0.15, 0.2) is 42.6 Å². The van der Waals surface area contributed by atoms with E-state index < -0.39 is 0 Å². The van der Waals surface area contributed by atoms with Crippen LogP contribution in [0.5, 0.6) is 0 Å². The number of aryl methyl sites for hydroxylation is 1. The summed E-state index contributed by atoms with van der Waals surface area (Å²) in [5, 5.41) is 7.44. The molecule has 8 heteroatoms. The van der Waals surface area contributed by atoms with Crippen molar-refractivity contribution in [2.75, 3.05) is 42.3 Å². The van der Waals surface area contributed by atoms with Gasteiger partial charge in [0.2, 0.25) is 5.95 Å². The van der Waals surface area contributed by atoms with Gasteiger partial charge >= 0.3 is 0 Å². The molecule has 3 heterocycles. The van der Waals surface area contributed by atoms with E-state index in [1.54, 1.807) is 24.0 Å². The van der Waals surface area contributed by atoms with Crippen LogP contribution >= 0.6 is 0 Å². The Bertz CT molecular complexity index is 1020. The first-order chi connectivity index (χ1) is 14.5. The third kappa shape index (κ3) is 4.12. The molecule has 8 nitrogen and oxygen atoms in total. The van der Waals surface area contributed by atoms with Gasteiger partial charge in [0.25, 0.3) is 5.91 Å². The number of anilines is 3. The molecule has 1 amide bonds. The van der Waals surface area contributed by atoms with Crippen LogP contribution in [0.3, 0.4) is 0 Å². The first-order valence-corrected chi connectivity index (χ1v) is 10.2. The largest absolute Gasteiger partial charge is 0.361 e. The molecule has 30 heavy (non-hydrogen) atoms. The molecule has 1 aromatic carbocycles. The van der Waals surface area contributed by atoms with Crippen LogP contribution in [0.2, 0.25) is 0 Å². The minimum atomic E-state index is -0.246. The second-order valence-corrected chi connectivity index (χ2v) is 7.71. The SMILES string of the molecule is CN(C)c1nc(N2CCCCC2)ncc1NC(=O)c1cc(-c2ccccc2)nn1C. The van der Waals surface area contributed by atoms with Gasteiger partial charge in [0.05, 0.1) is 11.9 Å². The highest BCUT2D eigenvalue weighted by Crippen LogP contribution is 2.26. The quantitative estimate of drug-likeness (QED) is 0.702. The van der Waals surface area contributed by atoms with Gasteiger partial charge in [0.1, 0.15) is 11.4 Å². The fourth-order valence-corrected chi connectivity index (χ4v) is 3.66. The van der Waals surface area contributed by atoms with E-state index in [0.29, 0.717) is 23.1 Å². The van der Waals surface area contributed by atoms with Crippen molar-refractivity contribution in [3.8, 4) is 11.3 Å². The summed E-state index contributed by atoms with van der Waals surface area (Å²) in [6, 6.07) is 11.6. The van der Waals surface area contributed by atoms with Crippen molar-refractivity contribution in [2.24, 2.45) is 7.05 Å². The van der Waals surface area contributed by atoms with Gasteiger partial charge in [-0.3, -0.25) is 9.48 Å². The summed E-state index contributed by atoms with van der Waals surface area (Å²) in [7, 11) is 5.59. The number of nitrogens with one attached hydrogen (secondary N) is 1. The Labute approximate surface area is 176 Å². The lowest BCUT2D eigenvalue weighted by molar-refractivity contribution is 0.101. The maximum atomic E-state index is 13.0. The Hall–Kier alpha value is -3.42. The maximum Gasteiger partial charge on any atom is 0.274 e. The molecule has 1 fully saturated rings. The van der Waals surface area contributed by atoms with E-state index >= 15 is 0 Å². The van der Waals surface area contributed by atoms with E-state index in [1.165, 1.54) is 6.42 Å². The molecule has 4 rings (SSSR count). The number of amides is 1. The van der Waals surface area contributed by atoms with Gasteiger partial charge in [0, 0.05) is 39.8 Å². The number of benzene rings is 1. The second-order valence-electron chi connectivity index (χ2n) is 7.71. The minimum absolute atomic E-state index is 0.246. The Balaban J connectivity index is 1.58. The third-order valence-electron chi connectivity index (χ3n) is 5.25. The molecule has 0 atom stereocenters. The lowest BCUT2D eigenvalue weighted by atomic mass is 10.1. The van der Waals surface area contributed by atoms with Crippen LogP contribution in [0, 0.1) is 0 Å². The lowest BCUT2D eigenvalue weighted by Crippen LogP contribution is -2.31. The highest BCUT2D eigenvalue weighted by Gasteiger charge is 2.20. The van der Waals surface area contributed by atoms with E-state index in [9.17, 15) is 4.79 Å². The van der Waals surface area contributed by atoms with Crippen molar-refractivity contribution in [3.63, 3.8) is 0 Å². The zero-order valence-corrected chi connectivity index (χ0v) is 17.7. The number of hydrogen-bond donors (Lipinski definition) is 1. The number of rotatable bonds is 5. The molecule has 0 radical (unpaired) electrons. The van der Waals surface area contributed by atoms with Crippen molar-refractivity contribution in [1.29, 1.82) is 0 Å². The van der Waals surface area contributed by atoms with Crippen LogP contribution in [0.4, 0.5) is 17.5 Å². The molecule has 2 aromatic heterocycles. The standard InChI is InChI=1S/C22H27N7O/c1-27(2)20-18(15-23-22(25-20)29-12-8-5-9-13-29)24-21(30)19-14-17(26-28(19)3)16-10-6-4-7-11-16/h4,6-7,10-11,14-15H,5,8-9,12-13H2,1-3H3,(H,24,30). The van der Waals surface area contributed by atoms with Crippen molar-refractivity contribution in [2.45, 2.75) is 19.3 Å². The van der Waals surface area contributed by atoms with Gasteiger partial charge in [-0.2, -0.15) is 10.1 Å². The molecule has 1 aliphatic rings. The summed E-state index contributed by atoms with van der Waals surface area (Å²) in [5.41, 5.74) is 2.77. The number of carbonyl (C=O) groups is 1. The fraction of sp³-hybridized carbons (Fsp3) is 0.364. The first kappa shape index (κ1) is 19.9. The predicted molar refractivity (Wildman–Crippen MR) is 119 cm³/mol. The van der Waals surface area contributed by atoms with Gasteiger partial charge in [0.15, 0.2) is 5.82 Å². The van der Waals surface area contributed by atoms with E-state index in [0.717, 1.165) is 37.2 Å². The van der Waals surface area contributed by atoms with E-state index in [1.807, 2.05) is 49.3 Å². The van der Waals surface area contributed by atoms with Crippen LogP contribution in [0.25, 0.3) is 11.3 Å². The van der Waals surface area contributed by atoms with Gasteiger partial charge in [-0.05, 0) is 25.3 Å². The second kappa shape index (κ2) is 8.52. The van der Waals surface area contributed by atoms with E-state index in [-0.39, 0.29) is 5.91 Å². The average Bonchev–Trinajstić information content (AvgIpc) is 3.17. The number of piperidine rings is 1. The number of nitrogens with zero attached hydrogens (tertiary/aromatic N) is 6. The van der Waals surface area contributed by atoms with Crippen LogP contribution < -0.4 is 15.1 Å². The molecule has 156 valence electrons. The van der Waals surface area contributed by atoms with Crippen molar-refractivity contribution in [1.82, 2.24) is 19.7 Å². The molecular weight excluding hydrogens is 378 g/mol. The Morgan fingerprint density at radius 3 is 2.53 bits per heavy atom. The number of carbonyl (C=O) groups excluding carboxylic acids is 1. The third-order valence-corrected chi connectivity index (χ3v) is 5.25. The smallest absolute Gasteiger partial charge is 0.274 e. The van der Waals surface area contributed by atoms with Crippen molar-refractivity contribution < 1.29 is 4.79 Å². The number of aromatic nitrogens is 4. The minimum Gasteiger partial charge on any atom is -0.361 e. The number of hydrogen-bond acceptors (Lipinski definition) is 6. The van der Waals surface area contributed by atoms with Crippen LogP contribution in [-0.2, 0) is 7.05 Å². The van der Waals surface area contributed by atoms with Crippen molar-refractivity contribution >= 4 is 23.4 Å². The first-order valence-electron chi connectivity index (χ1n) is 10.2. The molecule has 0 spiro atoms. The Kier molecular flexibility index (Phi) is 5.65. The molecule has 0 saturated carbocycles. The predicted octanol–water partition coefficient (Wildman–Crippen LogP) is 3.19. The lowest BCUT2D eigenvalue weighted by Gasteiger charge is -2.28. The van der Waals surface area contributed by atoms with E-state index in [4.69, 9.17) is 4.98 Å². The zero-order valence-electron chi connectivity index (χ0n) is 17.7. The zero-order chi connectivity index (χ0) is 21.1. The average molecular weight is 406 g/mol. The molecule has 0 aliphatic carbocycles. The summed E-state index contributed by atoms with van der Waals surface area (Å²) < 4.78 is 1.59. The van der Waals surface area contributed by atoms with Gasteiger partial charge < -0.3 is 15.1 Å². The Morgan fingerprint density at radius 1 is 1.10 bits per heavy atom. The molecule has 0 bridgehead atoms. The van der Waals surface area contributed by atoms with Gasteiger partial charge in [-0.1, -0.05) is 30.3 Å². The summed E-state index contributed by atoms with van der Waals surface area (Å²) in [5.74, 6) is 1.15. The summed E-state index contributed by atoms with van der Waals surface area (Å²) in [6.45, 7) is 1.94. The highest BCUT2D eigenvalue weighted by atomic mass is 16.2. The molecule has 0 unspecified atom stereocenters.